The fourth-order valence-electron chi connectivity index (χ4n) is 4.56. The summed E-state index contributed by atoms with van der Waals surface area (Å²) in [6.45, 7) is 4.68. The predicted molar refractivity (Wildman–Crippen MR) is 58.0 cm³/mol. The Kier molecular flexibility index (Phi) is 1.79. The molecule has 0 aromatic carbocycles. The van der Waals surface area contributed by atoms with Gasteiger partial charge in [-0.1, -0.05) is 0 Å². The monoisotopic (exact) mass is 194 g/mol. The van der Waals surface area contributed by atoms with Crippen molar-refractivity contribution >= 4 is 0 Å². The van der Waals surface area contributed by atoms with Gasteiger partial charge in [0, 0.05) is 23.7 Å². The Bertz CT molecular complexity index is 233. The molecular formula is C12H22N2. The molecule has 2 saturated carbocycles. The summed E-state index contributed by atoms with van der Waals surface area (Å²) in [7, 11) is 0. The van der Waals surface area contributed by atoms with Crippen LogP contribution < -0.4 is 5.73 Å². The molecule has 2 nitrogen and oxygen atoms in total. The van der Waals surface area contributed by atoms with Crippen LogP contribution in [0.2, 0.25) is 0 Å². The maximum Gasteiger partial charge on any atom is 0.0186 e. The van der Waals surface area contributed by atoms with Gasteiger partial charge in [0.2, 0.25) is 0 Å². The molecule has 2 heteroatoms. The van der Waals surface area contributed by atoms with Gasteiger partial charge in [-0.25, -0.2) is 0 Å². The van der Waals surface area contributed by atoms with Crippen molar-refractivity contribution in [2.45, 2.75) is 69.6 Å². The zero-order valence-corrected chi connectivity index (χ0v) is 9.37. The van der Waals surface area contributed by atoms with Gasteiger partial charge in [0.15, 0.2) is 0 Å². The molecule has 0 amide bonds. The third-order valence-electron chi connectivity index (χ3n) is 4.63. The lowest BCUT2D eigenvalue weighted by molar-refractivity contribution is -0.0856. The van der Waals surface area contributed by atoms with E-state index in [1.165, 1.54) is 32.1 Å². The first-order valence-electron chi connectivity index (χ1n) is 6.14. The Hall–Kier alpha value is -0.0800. The molecule has 2 N–H and O–H groups in total. The molecule has 4 aliphatic rings. The second-order valence-electron chi connectivity index (χ2n) is 6.16. The van der Waals surface area contributed by atoms with E-state index in [9.17, 15) is 0 Å². The molecule has 4 fully saturated rings. The van der Waals surface area contributed by atoms with E-state index in [2.05, 4.69) is 18.7 Å². The molecule has 14 heavy (non-hydrogen) atoms. The molecule has 0 spiro atoms. The molecule has 80 valence electrons. The van der Waals surface area contributed by atoms with Crippen LogP contribution in [-0.2, 0) is 0 Å². The van der Waals surface area contributed by atoms with Crippen LogP contribution in [0.4, 0.5) is 0 Å². The molecule has 2 aliphatic heterocycles. The van der Waals surface area contributed by atoms with Crippen LogP contribution in [0.5, 0.6) is 0 Å². The van der Waals surface area contributed by atoms with Crippen LogP contribution in [0.15, 0.2) is 0 Å². The van der Waals surface area contributed by atoms with Crippen molar-refractivity contribution in [2.24, 2.45) is 11.7 Å². The van der Waals surface area contributed by atoms with E-state index >= 15 is 0 Å². The highest BCUT2D eigenvalue weighted by molar-refractivity contribution is 5.10. The lowest BCUT2D eigenvalue weighted by Gasteiger charge is -2.61. The quantitative estimate of drug-likeness (QED) is 0.689. The van der Waals surface area contributed by atoms with E-state index in [1.54, 1.807) is 0 Å². The highest BCUT2D eigenvalue weighted by Crippen LogP contribution is 2.50. The molecule has 2 atom stereocenters. The largest absolute Gasteiger partial charge is 0.325 e. The summed E-state index contributed by atoms with van der Waals surface area (Å²) in [6, 6.07) is 2.34. The van der Waals surface area contributed by atoms with Crippen molar-refractivity contribution < 1.29 is 0 Å². The molecule has 2 unspecified atom stereocenters. The second kappa shape index (κ2) is 2.73. The summed E-state index contributed by atoms with van der Waals surface area (Å²) in [5.74, 6) is 0.951. The Morgan fingerprint density at radius 2 is 1.71 bits per heavy atom. The van der Waals surface area contributed by atoms with Gasteiger partial charge >= 0.3 is 0 Å². The third kappa shape index (κ3) is 1.17. The van der Waals surface area contributed by atoms with E-state index < -0.39 is 0 Å². The smallest absolute Gasteiger partial charge is 0.0186 e. The van der Waals surface area contributed by atoms with Crippen molar-refractivity contribution in [3.63, 3.8) is 0 Å². The lowest BCUT2D eigenvalue weighted by atomic mass is 9.59. The van der Waals surface area contributed by atoms with Gasteiger partial charge in [-0.15, -0.1) is 0 Å². The van der Waals surface area contributed by atoms with Crippen LogP contribution in [0.1, 0.15) is 46.0 Å². The molecule has 0 radical (unpaired) electrons. The fourth-order valence-corrected chi connectivity index (χ4v) is 4.56. The topological polar surface area (TPSA) is 29.3 Å². The summed E-state index contributed by atoms with van der Waals surface area (Å²) in [4.78, 5) is 2.75. The molecular weight excluding hydrogens is 172 g/mol. The molecule has 4 rings (SSSR count). The zero-order valence-electron chi connectivity index (χ0n) is 9.37. The summed E-state index contributed by atoms with van der Waals surface area (Å²) in [5.41, 5.74) is 6.68. The molecule has 4 bridgehead atoms. The van der Waals surface area contributed by atoms with Gasteiger partial charge in [-0.2, -0.15) is 0 Å². The number of piperidine rings is 2. The summed E-state index contributed by atoms with van der Waals surface area (Å²) < 4.78 is 0. The SMILES string of the molecule is CC(C)N1C2CC3CC1CC(N)(C3)C2. The van der Waals surface area contributed by atoms with Gasteiger partial charge < -0.3 is 5.73 Å². The van der Waals surface area contributed by atoms with Crippen LogP contribution in [0, 0.1) is 5.92 Å². The average molecular weight is 194 g/mol. The van der Waals surface area contributed by atoms with Gasteiger partial charge in [-0.3, -0.25) is 4.90 Å². The van der Waals surface area contributed by atoms with Crippen molar-refractivity contribution in [1.82, 2.24) is 4.90 Å². The minimum Gasteiger partial charge on any atom is -0.325 e. The maximum absolute atomic E-state index is 6.46. The Morgan fingerprint density at radius 1 is 1.14 bits per heavy atom. The Balaban J connectivity index is 1.89. The van der Waals surface area contributed by atoms with Gasteiger partial charge in [0.25, 0.3) is 0 Å². The van der Waals surface area contributed by atoms with Crippen LogP contribution >= 0.6 is 0 Å². The first kappa shape index (κ1) is 9.17. The Labute approximate surface area is 86.8 Å². The summed E-state index contributed by atoms with van der Waals surface area (Å²) >= 11 is 0. The first-order valence-corrected chi connectivity index (χ1v) is 6.14. The van der Waals surface area contributed by atoms with E-state index in [-0.39, 0.29) is 5.54 Å². The van der Waals surface area contributed by atoms with Crippen molar-refractivity contribution in [2.75, 3.05) is 0 Å². The normalized spacial score (nSPS) is 51.9. The number of hydrogen-bond donors (Lipinski definition) is 1. The standard InChI is InChI=1S/C12H22N2/c1-8(2)14-10-3-9-4-11(14)7-12(13,5-9)6-10/h8-11H,3-7,13H2,1-2H3. The predicted octanol–water partition coefficient (Wildman–Crippen LogP) is 1.74. The minimum atomic E-state index is 0.224. The molecule has 2 heterocycles. The number of rotatable bonds is 1. The number of hydrogen-bond acceptors (Lipinski definition) is 2. The van der Waals surface area contributed by atoms with Gasteiger partial charge in [0.05, 0.1) is 0 Å². The molecule has 0 aromatic rings. The minimum absolute atomic E-state index is 0.224. The van der Waals surface area contributed by atoms with Crippen molar-refractivity contribution in [3.8, 4) is 0 Å². The second-order valence-corrected chi connectivity index (χ2v) is 6.16. The third-order valence-corrected chi connectivity index (χ3v) is 4.63. The molecule has 2 aliphatic carbocycles. The lowest BCUT2D eigenvalue weighted by Crippen LogP contribution is -2.68. The van der Waals surface area contributed by atoms with Crippen LogP contribution in [-0.4, -0.2) is 28.6 Å². The van der Waals surface area contributed by atoms with Crippen molar-refractivity contribution in [1.29, 1.82) is 0 Å². The van der Waals surface area contributed by atoms with E-state index in [4.69, 9.17) is 5.73 Å². The molecule has 0 aromatic heterocycles. The van der Waals surface area contributed by atoms with E-state index in [1.807, 2.05) is 0 Å². The maximum atomic E-state index is 6.46. The van der Waals surface area contributed by atoms with Crippen LogP contribution in [0.3, 0.4) is 0 Å². The highest BCUT2D eigenvalue weighted by atomic mass is 15.2. The summed E-state index contributed by atoms with van der Waals surface area (Å²) in [5, 5.41) is 0. The van der Waals surface area contributed by atoms with Crippen LogP contribution in [0.25, 0.3) is 0 Å². The highest BCUT2D eigenvalue weighted by Gasteiger charge is 2.53. The Morgan fingerprint density at radius 3 is 2.14 bits per heavy atom. The van der Waals surface area contributed by atoms with Crippen molar-refractivity contribution in [3.05, 3.63) is 0 Å². The zero-order chi connectivity index (χ0) is 9.92. The summed E-state index contributed by atoms with van der Waals surface area (Å²) in [6.07, 6.45) is 6.68. The fraction of sp³-hybridized carbons (Fsp3) is 1.00. The average Bonchev–Trinajstić information content (AvgIpc) is 1.97. The van der Waals surface area contributed by atoms with E-state index in [0.29, 0.717) is 6.04 Å². The number of nitrogens with zero attached hydrogens (tertiary/aromatic N) is 1. The molecule has 2 saturated heterocycles. The van der Waals surface area contributed by atoms with E-state index in [0.717, 1.165) is 18.0 Å². The van der Waals surface area contributed by atoms with Gasteiger partial charge in [-0.05, 0) is 51.9 Å². The first-order chi connectivity index (χ1) is 6.57. The number of nitrogens with two attached hydrogens (primary N) is 1. The van der Waals surface area contributed by atoms with Gasteiger partial charge in [0.1, 0.15) is 0 Å².